The molecule has 16 heavy (non-hydrogen) atoms. The third kappa shape index (κ3) is 1.44. The molecule has 1 aliphatic rings. The van der Waals surface area contributed by atoms with Crippen LogP contribution in [0.2, 0.25) is 0 Å². The highest BCUT2D eigenvalue weighted by Crippen LogP contribution is 2.31. The molecule has 2 aromatic rings. The fraction of sp³-hybridized carbons (Fsp3) is 0.267. The van der Waals surface area contributed by atoms with Gasteiger partial charge in [-0.3, -0.25) is 4.98 Å². The van der Waals surface area contributed by atoms with Crippen LogP contribution < -0.4 is 0 Å². The second kappa shape index (κ2) is 3.75. The standard InChI is InChI=1S/C15H15N/c1-11-14-7-3-2-5-12(14)8-9-13-6-4-10-16-15(11)13/h2-7,10-11H,8-9H2,1H3/t11-/m1/s1. The van der Waals surface area contributed by atoms with Crippen molar-refractivity contribution in [2.75, 3.05) is 0 Å². The summed E-state index contributed by atoms with van der Waals surface area (Å²) in [7, 11) is 0. The van der Waals surface area contributed by atoms with Crippen LogP contribution in [-0.2, 0) is 12.8 Å². The predicted molar refractivity (Wildman–Crippen MR) is 65.6 cm³/mol. The van der Waals surface area contributed by atoms with Crippen LogP contribution in [0.25, 0.3) is 0 Å². The maximum absolute atomic E-state index is 4.56. The highest BCUT2D eigenvalue weighted by atomic mass is 14.7. The summed E-state index contributed by atoms with van der Waals surface area (Å²) in [6.07, 6.45) is 4.16. The normalized spacial score (nSPS) is 18.4. The Morgan fingerprint density at radius 3 is 2.69 bits per heavy atom. The number of aryl methyl sites for hydroxylation is 2. The van der Waals surface area contributed by atoms with Gasteiger partial charge in [-0.2, -0.15) is 0 Å². The summed E-state index contributed by atoms with van der Waals surface area (Å²) >= 11 is 0. The Labute approximate surface area is 96.2 Å². The monoisotopic (exact) mass is 209 g/mol. The molecule has 0 fully saturated rings. The van der Waals surface area contributed by atoms with Gasteiger partial charge in [0.15, 0.2) is 0 Å². The van der Waals surface area contributed by atoms with Crippen molar-refractivity contribution in [1.82, 2.24) is 4.98 Å². The Balaban J connectivity index is 2.18. The molecule has 1 aromatic heterocycles. The SMILES string of the molecule is C[C@@H]1c2ccccc2CCc2cccnc21. The van der Waals surface area contributed by atoms with E-state index < -0.39 is 0 Å². The van der Waals surface area contributed by atoms with Gasteiger partial charge in [0, 0.05) is 12.1 Å². The number of hydrogen-bond donors (Lipinski definition) is 0. The molecular formula is C15H15N. The van der Waals surface area contributed by atoms with Crippen molar-refractivity contribution in [1.29, 1.82) is 0 Å². The molecule has 1 aliphatic carbocycles. The lowest BCUT2D eigenvalue weighted by molar-refractivity contribution is 0.860. The molecular weight excluding hydrogens is 194 g/mol. The summed E-state index contributed by atoms with van der Waals surface area (Å²) in [5, 5.41) is 0. The molecule has 0 bridgehead atoms. The van der Waals surface area contributed by atoms with Gasteiger partial charge in [0.2, 0.25) is 0 Å². The van der Waals surface area contributed by atoms with Crippen LogP contribution in [0, 0.1) is 0 Å². The molecule has 0 N–H and O–H groups in total. The zero-order chi connectivity index (χ0) is 11.0. The van der Waals surface area contributed by atoms with Gasteiger partial charge in [-0.05, 0) is 35.6 Å². The van der Waals surface area contributed by atoms with E-state index in [1.54, 1.807) is 0 Å². The smallest absolute Gasteiger partial charge is 0.0507 e. The molecule has 1 heteroatoms. The Morgan fingerprint density at radius 1 is 1.00 bits per heavy atom. The molecule has 0 unspecified atom stereocenters. The number of aromatic nitrogens is 1. The molecule has 80 valence electrons. The van der Waals surface area contributed by atoms with Crippen LogP contribution in [-0.4, -0.2) is 4.98 Å². The Morgan fingerprint density at radius 2 is 1.75 bits per heavy atom. The number of hydrogen-bond acceptors (Lipinski definition) is 1. The van der Waals surface area contributed by atoms with E-state index in [1.807, 2.05) is 12.3 Å². The summed E-state index contributed by atoms with van der Waals surface area (Å²) in [6.45, 7) is 2.26. The first-order chi connectivity index (χ1) is 7.86. The van der Waals surface area contributed by atoms with E-state index in [-0.39, 0.29) is 0 Å². The predicted octanol–water partition coefficient (Wildman–Crippen LogP) is 3.33. The van der Waals surface area contributed by atoms with Crippen LogP contribution >= 0.6 is 0 Å². The average Bonchev–Trinajstić information content (AvgIpc) is 2.49. The minimum atomic E-state index is 0.426. The Kier molecular flexibility index (Phi) is 2.24. The van der Waals surface area contributed by atoms with Crippen LogP contribution in [0.5, 0.6) is 0 Å². The average molecular weight is 209 g/mol. The minimum Gasteiger partial charge on any atom is -0.260 e. The molecule has 1 heterocycles. The van der Waals surface area contributed by atoms with E-state index >= 15 is 0 Å². The fourth-order valence-corrected chi connectivity index (χ4v) is 2.65. The highest BCUT2D eigenvalue weighted by molar-refractivity contribution is 5.41. The fourth-order valence-electron chi connectivity index (χ4n) is 2.65. The molecule has 0 saturated carbocycles. The quantitative estimate of drug-likeness (QED) is 0.648. The summed E-state index contributed by atoms with van der Waals surface area (Å²) in [5.74, 6) is 0.426. The zero-order valence-corrected chi connectivity index (χ0v) is 9.48. The third-order valence-electron chi connectivity index (χ3n) is 3.52. The second-order valence-electron chi connectivity index (χ2n) is 4.47. The van der Waals surface area contributed by atoms with E-state index in [9.17, 15) is 0 Å². The van der Waals surface area contributed by atoms with Gasteiger partial charge < -0.3 is 0 Å². The van der Waals surface area contributed by atoms with Crippen molar-refractivity contribution in [3.05, 3.63) is 65.0 Å². The van der Waals surface area contributed by atoms with Crippen molar-refractivity contribution in [3.63, 3.8) is 0 Å². The summed E-state index contributed by atoms with van der Waals surface area (Å²) in [5.41, 5.74) is 5.59. The van der Waals surface area contributed by atoms with Crippen LogP contribution in [0.1, 0.15) is 35.2 Å². The van der Waals surface area contributed by atoms with Crippen LogP contribution in [0.15, 0.2) is 42.6 Å². The zero-order valence-electron chi connectivity index (χ0n) is 9.48. The number of rotatable bonds is 0. The third-order valence-corrected chi connectivity index (χ3v) is 3.52. The first-order valence-corrected chi connectivity index (χ1v) is 5.88. The lowest BCUT2D eigenvalue weighted by Gasteiger charge is -2.13. The maximum Gasteiger partial charge on any atom is 0.0507 e. The summed E-state index contributed by atoms with van der Waals surface area (Å²) < 4.78 is 0. The number of benzene rings is 1. The van der Waals surface area contributed by atoms with Gasteiger partial charge in [-0.25, -0.2) is 0 Å². The van der Waals surface area contributed by atoms with Gasteiger partial charge in [-0.15, -0.1) is 0 Å². The lowest BCUT2D eigenvalue weighted by atomic mass is 9.93. The summed E-state index contributed by atoms with van der Waals surface area (Å²) in [6, 6.07) is 13.0. The molecule has 1 atom stereocenters. The number of pyridine rings is 1. The molecule has 3 rings (SSSR count). The molecule has 0 saturated heterocycles. The molecule has 1 aromatic carbocycles. The van der Waals surface area contributed by atoms with E-state index in [2.05, 4.69) is 42.2 Å². The molecule has 0 amide bonds. The van der Waals surface area contributed by atoms with Crippen molar-refractivity contribution in [3.8, 4) is 0 Å². The van der Waals surface area contributed by atoms with Crippen molar-refractivity contribution in [2.24, 2.45) is 0 Å². The van der Waals surface area contributed by atoms with Gasteiger partial charge in [0.25, 0.3) is 0 Å². The largest absolute Gasteiger partial charge is 0.260 e. The van der Waals surface area contributed by atoms with Gasteiger partial charge in [0.1, 0.15) is 0 Å². The first-order valence-electron chi connectivity index (χ1n) is 5.88. The maximum atomic E-state index is 4.56. The van der Waals surface area contributed by atoms with E-state index in [0.29, 0.717) is 5.92 Å². The van der Waals surface area contributed by atoms with Crippen LogP contribution in [0.3, 0.4) is 0 Å². The number of fused-ring (bicyclic) bond motifs is 2. The van der Waals surface area contributed by atoms with E-state index in [1.165, 1.54) is 22.4 Å². The topological polar surface area (TPSA) is 12.9 Å². The van der Waals surface area contributed by atoms with Crippen molar-refractivity contribution < 1.29 is 0 Å². The van der Waals surface area contributed by atoms with Crippen molar-refractivity contribution in [2.45, 2.75) is 25.7 Å². The molecule has 0 aliphatic heterocycles. The minimum absolute atomic E-state index is 0.426. The highest BCUT2D eigenvalue weighted by Gasteiger charge is 2.20. The van der Waals surface area contributed by atoms with E-state index in [4.69, 9.17) is 0 Å². The van der Waals surface area contributed by atoms with Gasteiger partial charge in [0.05, 0.1) is 5.69 Å². The summed E-state index contributed by atoms with van der Waals surface area (Å²) in [4.78, 5) is 4.56. The Bertz CT molecular complexity index is 469. The number of nitrogens with zero attached hydrogens (tertiary/aromatic N) is 1. The van der Waals surface area contributed by atoms with Crippen molar-refractivity contribution >= 4 is 0 Å². The molecule has 0 spiro atoms. The van der Waals surface area contributed by atoms with Gasteiger partial charge in [-0.1, -0.05) is 37.3 Å². The van der Waals surface area contributed by atoms with Gasteiger partial charge >= 0.3 is 0 Å². The first kappa shape index (κ1) is 9.59. The Hall–Kier alpha value is -1.63. The van der Waals surface area contributed by atoms with Crippen LogP contribution in [0.4, 0.5) is 0 Å². The molecule has 1 nitrogen and oxygen atoms in total. The van der Waals surface area contributed by atoms with E-state index in [0.717, 1.165) is 12.8 Å². The lowest BCUT2D eigenvalue weighted by Crippen LogP contribution is -2.01. The second-order valence-corrected chi connectivity index (χ2v) is 4.47. The molecule has 0 radical (unpaired) electrons.